The average Bonchev–Trinajstić information content (AvgIpc) is 2.10. The number of rotatable bonds is 7. The standard InChI is InChI=1S/C14H30O3S/c1-7-9-14(6,18(15,16)17)10-8-12(2)11-13(3,4)5/h12H,7-11H2,1-6H3,(H,15,16,17). The van der Waals surface area contributed by atoms with Gasteiger partial charge in [-0.2, -0.15) is 8.42 Å². The second-order valence-electron chi connectivity index (χ2n) is 7.08. The van der Waals surface area contributed by atoms with E-state index in [1.807, 2.05) is 6.92 Å². The van der Waals surface area contributed by atoms with Crippen LogP contribution in [0.5, 0.6) is 0 Å². The Bertz CT molecular complexity index is 341. The van der Waals surface area contributed by atoms with Crippen LogP contribution in [-0.4, -0.2) is 17.7 Å². The molecule has 0 aliphatic carbocycles. The number of hydrogen-bond donors (Lipinski definition) is 1. The summed E-state index contributed by atoms with van der Waals surface area (Å²) >= 11 is 0. The SMILES string of the molecule is CCCC(C)(CCC(C)CC(C)(C)C)S(=O)(=O)O. The second kappa shape index (κ2) is 6.38. The molecule has 1 N–H and O–H groups in total. The molecule has 0 heterocycles. The summed E-state index contributed by atoms with van der Waals surface area (Å²) in [4.78, 5) is 0. The maximum Gasteiger partial charge on any atom is 0.270 e. The zero-order valence-electron chi connectivity index (χ0n) is 12.8. The zero-order valence-corrected chi connectivity index (χ0v) is 13.6. The lowest BCUT2D eigenvalue weighted by atomic mass is 9.82. The van der Waals surface area contributed by atoms with E-state index in [1.54, 1.807) is 6.92 Å². The van der Waals surface area contributed by atoms with Gasteiger partial charge in [0.05, 0.1) is 4.75 Å². The van der Waals surface area contributed by atoms with Crippen molar-refractivity contribution in [1.29, 1.82) is 0 Å². The molecule has 0 aliphatic rings. The fourth-order valence-corrected chi connectivity index (χ4v) is 3.45. The molecular weight excluding hydrogens is 248 g/mol. The maximum absolute atomic E-state index is 11.5. The van der Waals surface area contributed by atoms with Gasteiger partial charge in [0, 0.05) is 0 Å². The van der Waals surface area contributed by atoms with E-state index >= 15 is 0 Å². The Kier molecular flexibility index (Phi) is 6.34. The summed E-state index contributed by atoms with van der Waals surface area (Å²) < 4.78 is 31.4. The van der Waals surface area contributed by atoms with Crippen LogP contribution in [0, 0.1) is 11.3 Å². The normalized spacial score (nSPS) is 18.4. The molecule has 18 heavy (non-hydrogen) atoms. The predicted molar refractivity (Wildman–Crippen MR) is 77.3 cm³/mol. The minimum absolute atomic E-state index is 0.263. The Morgan fingerprint density at radius 3 is 1.94 bits per heavy atom. The van der Waals surface area contributed by atoms with Crippen molar-refractivity contribution in [2.24, 2.45) is 11.3 Å². The lowest BCUT2D eigenvalue weighted by Crippen LogP contribution is -2.35. The first-order valence-corrected chi connectivity index (χ1v) is 8.32. The largest absolute Gasteiger partial charge is 0.285 e. The van der Waals surface area contributed by atoms with E-state index in [1.165, 1.54) is 0 Å². The molecule has 0 saturated carbocycles. The summed E-state index contributed by atoms with van der Waals surface area (Å²) in [5.41, 5.74) is 0.263. The highest BCUT2D eigenvalue weighted by Gasteiger charge is 2.37. The monoisotopic (exact) mass is 278 g/mol. The van der Waals surface area contributed by atoms with E-state index in [2.05, 4.69) is 27.7 Å². The van der Waals surface area contributed by atoms with Crippen LogP contribution in [0.25, 0.3) is 0 Å². The molecule has 0 aromatic heterocycles. The summed E-state index contributed by atoms with van der Waals surface area (Å²) in [5, 5.41) is 0. The molecule has 0 aliphatic heterocycles. The molecule has 0 aromatic rings. The van der Waals surface area contributed by atoms with E-state index in [-0.39, 0.29) is 5.41 Å². The van der Waals surface area contributed by atoms with E-state index in [9.17, 15) is 13.0 Å². The highest BCUT2D eigenvalue weighted by atomic mass is 32.2. The topological polar surface area (TPSA) is 54.4 Å². The van der Waals surface area contributed by atoms with Gasteiger partial charge in [-0.05, 0) is 43.9 Å². The van der Waals surface area contributed by atoms with Crippen LogP contribution in [0.3, 0.4) is 0 Å². The molecule has 0 bridgehead atoms. The lowest BCUT2D eigenvalue weighted by molar-refractivity contribution is 0.281. The van der Waals surface area contributed by atoms with E-state index in [0.717, 1.165) is 19.3 Å². The van der Waals surface area contributed by atoms with Gasteiger partial charge in [-0.15, -0.1) is 0 Å². The molecule has 0 saturated heterocycles. The molecule has 110 valence electrons. The van der Waals surface area contributed by atoms with Crippen LogP contribution in [0.15, 0.2) is 0 Å². The van der Waals surface area contributed by atoms with Crippen molar-refractivity contribution >= 4 is 10.1 Å². The van der Waals surface area contributed by atoms with E-state index in [4.69, 9.17) is 0 Å². The van der Waals surface area contributed by atoms with Gasteiger partial charge in [-0.3, -0.25) is 4.55 Å². The van der Waals surface area contributed by atoms with Crippen molar-refractivity contribution in [3.8, 4) is 0 Å². The zero-order chi connectivity index (χ0) is 14.6. The van der Waals surface area contributed by atoms with Gasteiger partial charge in [0.1, 0.15) is 0 Å². The Hall–Kier alpha value is -0.0900. The van der Waals surface area contributed by atoms with Gasteiger partial charge in [-0.1, -0.05) is 41.0 Å². The first-order chi connectivity index (χ1) is 7.91. The Morgan fingerprint density at radius 2 is 1.61 bits per heavy atom. The van der Waals surface area contributed by atoms with Crippen molar-refractivity contribution < 1.29 is 13.0 Å². The molecule has 2 unspecified atom stereocenters. The molecule has 0 radical (unpaired) electrons. The molecule has 0 rings (SSSR count). The van der Waals surface area contributed by atoms with Crippen LogP contribution in [-0.2, 0) is 10.1 Å². The van der Waals surface area contributed by atoms with Crippen molar-refractivity contribution in [3.63, 3.8) is 0 Å². The highest BCUT2D eigenvalue weighted by Crippen LogP contribution is 2.33. The van der Waals surface area contributed by atoms with Gasteiger partial charge in [0.2, 0.25) is 0 Å². The molecule has 2 atom stereocenters. The minimum Gasteiger partial charge on any atom is -0.285 e. The first kappa shape index (κ1) is 17.9. The van der Waals surface area contributed by atoms with Crippen molar-refractivity contribution in [2.45, 2.75) is 78.4 Å². The second-order valence-corrected chi connectivity index (χ2v) is 9.02. The third-order valence-corrected chi connectivity index (χ3v) is 5.18. The number of hydrogen-bond acceptors (Lipinski definition) is 2. The van der Waals surface area contributed by atoms with E-state index < -0.39 is 14.9 Å². The fourth-order valence-electron chi connectivity index (χ4n) is 2.61. The van der Waals surface area contributed by atoms with Crippen LogP contribution in [0.1, 0.15) is 73.6 Å². The minimum atomic E-state index is -3.97. The smallest absolute Gasteiger partial charge is 0.270 e. The Labute approximate surface area is 113 Å². The first-order valence-electron chi connectivity index (χ1n) is 6.88. The third-order valence-electron chi connectivity index (χ3n) is 3.53. The maximum atomic E-state index is 11.5. The summed E-state index contributed by atoms with van der Waals surface area (Å²) in [6.07, 6.45) is 3.74. The Balaban J connectivity index is 4.56. The fraction of sp³-hybridized carbons (Fsp3) is 1.00. The van der Waals surface area contributed by atoms with Crippen LogP contribution < -0.4 is 0 Å². The summed E-state index contributed by atoms with van der Waals surface area (Å²) in [7, 11) is -3.97. The van der Waals surface area contributed by atoms with Gasteiger partial charge in [-0.25, -0.2) is 0 Å². The molecule has 0 amide bonds. The van der Waals surface area contributed by atoms with Gasteiger partial charge in [0.25, 0.3) is 10.1 Å². The molecule has 4 heteroatoms. The van der Waals surface area contributed by atoms with E-state index in [0.29, 0.717) is 18.8 Å². The van der Waals surface area contributed by atoms with Gasteiger partial charge in [0.15, 0.2) is 0 Å². The van der Waals surface area contributed by atoms with Crippen LogP contribution >= 0.6 is 0 Å². The molecule has 0 aromatic carbocycles. The molecular formula is C14H30O3S. The third kappa shape index (κ3) is 6.19. The van der Waals surface area contributed by atoms with Crippen molar-refractivity contribution in [2.75, 3.05) is 0 Å². The highest BCUT2D eigenvalue weighted by molar-refractivity contribution is 7.87. The summed E-state index contributed by atoms with van der Waals surface area (Å²) in [5.74, 6) is 0.475. The average molecular weight is 278 g/mol. The van der Waals surface area contributed by atoms with Gasteiger partial charge < -0.3 is 0 Å². The Morgan fingerprint density at radius 1 is 1.11 bits per heavy atom. The predicted octanol–water partition coefficient (Wildman–Crippen LogP) is 4.29. The molecule has 3 nitrogen and oxygen atoms in total. The summed E-state index contributed by atoms with van der Waals surface area (Å²) in [6, 6.07) is 0. The van der Waals surface area contributed by atoms with Crippen LogP contribution in [0.4, 0.5) is 0 Å². The molecule has 0 spiro atoms. The quantitative estimate of drug-likeness (QED) is 0.707. The van der Waals surface area contributed by atoms with Crippen LogP contribution in [0.2, 0.25) is 0 Å². The van der Waals surface area contributed by atoms with Crippen molar-refractivity contribution in [3.05, 3.63) is 0 Å². The summed E-state index contributed by atoms with van der Waals surface area (Å²) in [6.45, 7) is 12.3. The van der Waals surface area contributed by atoms with Crippen molar-refractivity contribution in [1.82, 2.24) is 0 Å². The lowest BCUT2D eigenvalue weighted by Gasteiger charge is -2.29. The molecule has 0 fully saturated rings. The van der Waals surface area contributed by atoms with Gasteiger partial charge >= 0.3 is 0 Å².